The zero-order valence-electron chi connectivity index (χ0n) is 15.1. The van der Waals surface area contributed by atoms with Crippen LogP contribution in [0.5, 0.6) is 0 Å². The molecule has 2 aromatic heterocycles. The van der Waals surface area contributed by atoms with Crippen LogP contribution in [0.3, 0.4) is 0 Å². The van der Waals surface area contributed by atoms with E-state index in [-0.39, 0.29) is 0 Å². The van der Waals surface area contributed by atoms with E-state index in [1.165, 1.54) is 12.0 Å². The van der Waals surface area contributed by atoms with Crippen LogP contribution in [0.1, 0.15) is 55.7 Å². The first-order valence-electron chi connectivity index (χ1n) is 9.10. The predicted molar refractivity (Wildman–Crippen MR) is 105 cm³/mol. The predicted octanol–water partition coefficient (Wildman–Crippen LogP) is 5.29. The molecule has 1 fully saturated rings. The van der Waals surface area contributed by atoms with Gasteiger partial charge in [-0.15, -0.1) is 0 Å². The van der Waals surface area contributed by atoms with Gasteiger partial charge in [-0.1, -0.05) is 47.1 Å². The molecule has 6 heteroatoms. The van der Waals surface area contributed by atoms with E-state index in [4.69, 9.17) is 4.52 Å². The van der Waals surface area contributed by atoms with Gasteiger partial charge >= 0.3 is 0 Å². The molecule has 0 saturated carbocycles. The molecule has 136 valence electrons. The van der Waals surface area contributed by atoms with Gasteiger partial charge in [0.25, 0.3) is 0 Å². The summed E-state index contributed by atoms with van der Waals surface area (Å²) in [6.45, 7) is 6.19. The number of hydrogen-bond donors (Lipinski definition) is 1. The Kier molecular flexibility index (Phi) is 4.96. The molecule has 1 aliphatic heterocycles. The molecule has 1 atom stereocenters. The maximum absolute atomic E-state index is 5.67. The van der Waals surface area contributed by atoms with Gasteiger partial charge < -0.3 is 4.52 Å². The Balaban J connectivity index is 1.56. The summed E-state index contributed by atoms with van der Waals surface area (Å²) in [5, 5.41) is 11.7. The summed E-state index contributed by atoms with van der Waals surface area (Å²) in [4.78, 5) is 2.47. The van der Waals surface area contributed by atoms with Crippen LogP contribution in [0.15, 0.2) is 45.5 Å². The van der Waals surface area contributed by atoms with Gasteiger partial charge in [-0.05, 0) is 37.4 Å². The third kappa shape index (κ3) is 3.48. The zero-order valence-corrected chi connectivity index (χ0v) is 16.7. The molecule has 26 heavy (non-hydrogen) atoms. The second kappa shape index (κ2) is 7.37. The number of aromatic amines is 1. The van der Waals surface area contributed by atoms with Crippen molar-refractivity contribution in [3.05, 3.63) is 58.0 Å². The number of nitrogens with zero attached hydrogens (tertiary/aromatic N) is 3. The molecule has 5 nitrogen and oxygen atoms in total. The minimum absolute atomic E-state index is 0.292. The van der Waals surface area contributed by atoms with Crippen molar-refractivity contribution in [1.29, 1.82) is 0 Å². The Labute approximate surface area is 161 Å². The van der Waals surface area contributed by atoms with E-state index in [1.54, 1.807) is 0 Å². The molecule has 3 heterocycles. The first-order valence-corrected chi connectivity index (χ1v) is 9.90. The van der Waals surface area contributed by atoms with Crippen molar-refractivity contribution in [1.82, 2.24) is 20.3 Å². The van der Waals surface area contributed by atoms with Crippen LogP contribution < -0.4 is 0 Å². The van der Waals surface area contributed by atoms with Crippen LogP contribution in [0.4, 0.5) is 0 Å². The van der Waals surface area contributed by atoms with Crippen LogP contribution in [-0.2, 0) is 6.54 Å². The van der Waals surface area contributed by atoms with Gasteiger partial charge in [0.05, 0.1) is 23.6 Å². The molecule has 1 aromatic carbocycles. The van der Waals surface area contributed by atoms with Crippen molar-refractivity contribution in [2.45, 2.75) is 45.2 Å². The molecule has 0 aliphatic carbocycles. The molecule has 1 N–H and O–H groups in total. The summed E-state index contributed by atoms with van der Waals surface area (Å²) in [7, 11) is 0. The number of halogens is 1. The highest BCUT2D eigenvalue weighted by atomic mass is 79.9. The summed E-state index contributed by atoms with van der Waals surface area (Å²) < 4.78 is 6.74. The topological polar surface area (TPSA) is 58.0 Å². The minimum atomic E-state index is 0.292. The normalized spacial score (nSPS) is 18.1. The number of likely N-dealkylation sites (tertiary alicyclic amines) is 1. The smallest absolute Gasteiger partial charge is 0.154 e. The van der Waals surface area contributed by atoms with Gasteiger partial charge in [0.2, 0.25) is 0 Å². The van der Waals surface area contributed by atoms with E-state index in [0.29, 0.717) is 12.0 Å². The average molecular weight is 415 g/mol. The van der Waals surface area contributed by atoms with Crippen molar-refractivity contribution in [2.24, 2.45) is 0 Å². The maximum Gasteiger partial charge on any atom is 0.154 e. The fraction of sp³-hybridized carbons (Fsp3) is 0.400. The SMILES string of the molecule is CC(C)c1cc([C@@H]2CCCN2Cc2cn[nH]c2-c2cccc(Br)c2)on1. The van der Waals surface area contributed by atoms with Crippen LogP contribution in [-0.4, -0.2) is 26.8 Å². The third-order valence-corrected chi connectivity index (χ3v) is 5.53. The molecule has 0 amide bonds. The van der Waals surface area contributed by atoms with Crippen molar-refractivity contribution >= 4 is 15.9 Å². The molecule has 0 radical (unpaired) electrons. The number of benzene rings is 1. The van der Waals surface area contributed by atoms with Crippen molar-refractivity contribution in [3.63, 3.8) is 0 Å². The summed E-state index contributed by atoms with van der Waals surface area (Å²) in [5.41, 5.74) is 4.46. The van der Waals surface area contributed by atoms with E-state index < -0.39 is 0 Å². The fourth-order valence-corrected chi connectivity index (χ4v) is 4.01. The molecule has 1 saturated heterocycles. The molecule has 1 aliphatic rings. The van der Waals surface area contributed by atoms with Crippen LogP contribution in [0.25, 0.3) is 11.3 Å². The Hall–Kier alpha value is -1.92. The highest BCUT2D eigenvalue weighted by Crippen LogP contribution is 2.35. The van der Waals surface area contributed by atoms with E-state index in [9.17, 15) is 0 Å². The van der Waals surface area contributed by atoms with E-state index in [2.05, 4.69) is 68.2 Å². The van der Waals surface area contributed by atoms with Gasteiger partial charge in [0.15, 0.2) is 5.76 Å². The Morgan fingerprint density at radius 2 is 2.23 bits per heavy atom. The average Bonchev–Trinajstić information content (AvgIpc) is 3.35. The summed E-state index contributed by atoms with van der Waals surface area (Å²) in [6.07, 6.45) is 4.22. The summed E-state index contributed by atoms with van der Waals surface area (Å²) >= 11 is 3.55. The molecule has 0 bridgehead atoms. The lowest BCUT2D eigenvalue weighted by Gasteiger charge is -2.22. The molecule has 3 aromatic rings. The zero-order chi connectivity index (χ0) is 18.1. The van der Waals surface area contributed by atoms with Gasteiger partial charge in [-0.3, -0.25) is 10.00 Å². The number of aromatic nitrogens is 3. The van der Waals surface area contributed by atoms with Crippen molar-refractivity contribution < 1.29 is 4.52 Å². The summed E-state index contributed by atoms with van der Waals surface area (Å²) in [5.74, 6) is 1.37. The number of rotatable bonds is 5. The Bertz CT molecular complexity index is 885. The second-order valence-electron chi connectivity index (χ2n) is 7.22. The standard InChI is InChI=1S/C20H23BrN4O/c1-13(2)17-10-19(26-24-17)18-7-4-8-25(18)12-15-11-22-23-20(15)14-5-3-6-16(21)9-14/h3,5-6,9-11,13,18H,4,7-8,12H2,1-2H3,(H,22,23)/t18-/m0/s1. The van der Waals surface area contributed by atoms with Gasteiger partial charge in [-0.2, -0.15) is 5.10 Å². The highest BCUT2D eigenvalue weighted by Gasteiger charge is 2.30. The molecule has 0 spiro atoms. The largest absolute Gasteiger partial charge is 0.359 e. The molecule has 4 rings (SSSR count). The monoisotopic (exact) mass is 414 g/mol. The van der Waals surface area contributed by atoms with Gasteiger partial charge in [-0.25, -0.2) is 0 Å². The lowest BCUT2D eigenvalue weighted by atomic mass is 10.1. The van der Waals surface area contributed by atoms with Crippen molar-refractivity contribution in [2.75, 3.05) is 6.54 Å². The Morgan fingerprint density at radius 3 is 3.00 bits per heavy atom. The van der Waals surface area contributed by atoms with Crippen LogP contribution in [0, 0.1) is 0 Å². The highest BCUT2D eigenvalue weighted by molar-refractivity contribution is 9.10. The molecular formula is C20H23BrN4O. The Morgan fingerprint density at radius 1 is 1.35 bits per heavy atom. The maximum atomic E-state index is 5.67. The molecular weight excluding hydrogens is 392 g/mol. The lowest BCUT2D eigenvalue weighted by molar-refractivity contribution is 0.206. The second-order valence-corrected chi connectivity index (χ2v) is 8.13. The third-order valence-electron chi connectivity index (χ3n) is 5.03. The lowest BCUT2D eigenvalue weighted by Crippen LogP contribution is -2.22. The van der Waals surface area contributed by atoms with Gasteiger partial charge in [0, 0.05) is 28.2 Å². The van der Waals surface area contributed by atoms with E-state index >= 15 is 0 Å². The first-order chi connectivity index (χ1) is 12.6. The quantitative estimate of drug-likeness (QED) is 0.616. The van der Waals surface area contributed by atoms with Gasteiger partial charge in [0.1, 0.15) is 0 Å². The molecule has 0 unspecified atom stereocenters. The first kappa shape index (κ1) is 17.5. The van der Waals surface area contributed by atoms with E-state index in [0.717, 1.165) is 46.7 Å². The fourth-order valence-electron chi connectivity index (χ4n) is 3.61. The number of nitrogens with one attached hydrogen (secondary N) is 1. The number of hydrogen-bond acceptors (Lipinski definition) is 4. The minimum Gasteiger partial charge on any atom is -0.359 e. The van der Waals surface area contributed by atoms with Crippen LogP contribution in [0.2, 0.25) is 0 Å². The van der Waals surface area contributed by atoms with Crippen molar-refractivity contribution in [3.8, 4) is 11.3 Å². The van der Waals surface area contributed by atoms with E-state index in [1.807, 2.05) is 18.3 Å². The number of H-pyrrole nitrogens is 1. The summed E-state index contributed by atoms with van der Waals surface area (Å²) in [6, 6.07) is 10.7. The van der Waals surface area contributed by atoms with Crippen LogP contribution >= 0.6 is 15.9 Å².